The minimum Gasteiger partial charge on any atom is -0.660 e. The summed E-state index contributed by atoms with van der Waals surface area (Å²) >= 11 is 0. The van der Waals surface area contributed by atoms with Crippen LogP contribution in [0.2, 0.25) is 0 Å². The van der Waals surface area contributed by atoms with Crippen molar-refractivity contribution in [2.45, 2.75) is 6.92 Å². The fourth-order valence-corrected chi connectivity index (χ4v) is 0.964. The summed E-state index contributed by atoms with van der Waals surface area (Å²) in [5, 5.41) is 4.23. The van der Waals surface area contributed by atoms with Gasteiger partial charge in [0.25, 0.3) is 0 Å². The van der Waals surface area contributed by atoms with Crippen molar-refractivity contribution in [3.63, 3.8) is 0 Å². The first-order valence-electron chi connectivity index (χ1n) is 3.29. The van der Waals surface area contributed by atoms with Crippen LogP contribution in [0.1, 0.15) is 6.92 Å². The monoisotopic (exact) mass is 217 g/mol. The second kappa shape index (κ2) is 8.12. The van der Waals surface area contributed by atoms with E-state index in [-0.39, 0.29) is 40.1 Å². The summed E-state index contributed by atoms with van der Waals surface area (Å²) in [5.74, 6) is 0. The first kappa shape index (κ1) is 13.6. The average Bonchev–Trinajstić information content (AvgIpc) is 1.90. The summed E-state index contributed by atoms with van der Waals surface area (Å²) in [6.07, 6.45) is 0. The van der Waals surface area contributed by atoms with Crippen LogP contribution in [0.4, 0.5) is 0 Å². The molecule has 1 heterocycles. The smallest absolute Gasteiger partial charge is 0 e. The molecule has 0 aromatic carbocycles. The van der Waals surface area contributed by atoms with Crippen LogP contribution in [0.5, 0.6) is 0 Å². The molecule has 0 spiro atoms. The summed E-state index contributed by atoms with van der Waals surface area (Å²) in [4.78, 5) is 2.42. The van der Waals surface area contributed by atoms with Crippen LogP contribution < -0.4 is 0 Å². The molecule has 1 aliphatic heterocycles. The summed E-state index contributed by atoms with van der Waals surface area (Å²) in [6, 6.07) is 0. The van der Waals surface area contributed by atoms with Gasteiger partial charge in [-0.15, -0.1) is 13.1 Å². The van der Waals surface area contributed by atoms with Crippen molar-refractivity contribution in [1.82, 2.24) is 4.90 Å². The number of piperazine rings is 1. The summed E-state index contributed by atoms with van der Waals surface area (Å²) < 4.78 is 0. The van der Waals surface area contributed by atoms with Gasteiger partial charge in [0.15, 0.2) is 0 Å². The van der Waals surface area contributed by atoms with Crippen LogP contribution in [0.25, 0.3) is 5.32 Å². The minimum atomic E-state index is 0. The maximum absolute atomic E-state index is 4.23. The van der Waals surface area contributed by atoms with E-state index >= 15 is 0 Å². The van der Waals surface area contributed by atoms with E-state index < -0.39 is 0 Å². The molecule has 2 nitrogen and oxygen atoms in total. The van der Waals surface area contributed by atoms with Crippen molar-refractivity contribution in [1.29, 1.82) is 0 Å². The quantitative estimate of drug-likeness (QED) is 0.602. The van der Waals surface area contributed by atoms with Crippen LogP contribution in [-0.2, 0) is 32.7 Å². The van der Waals surface area contributed by atoms with Crippen LogP contribution in [0, 0.1) is 7.43 Å². The van der Waals surface area contributed by atoms with Gasteiger partial charge < -0.3 is 17.6 Å². The van der Waals surface area contributed by atoms with Gasteiger partial charge in [-0.3, -0.25) is 0 Å². The molecule has 0 saturated carbocycles. The normalized spacial score (nSPS) is 18.9. The molecule has 0 atom stereocenters. The van der Waals surface area contributed by atoms with Gasteiger partial charge in [0.1, 0.15) is 0 Å². The van der Waals surface area contributed by atoms with E-state index in [4.69, 9.17) is 0 Å². The van der Waals surface area contributed by atoms with Gasteiger partial charge in [0, 0.05) is 32.7 Å². The molecular weight excluding hydrogens is 201 g/mol. The molecule has 1 saturated heterocycles. The maximum Gasteiger partial charge on any atom is 0 e. The Morgan fingerprint density at radius 3 is 2.10 bits per heavy atom. The van der Waals surface area contributed by atoms with E-state index in [0.717, 1.165) is 13.1 Å². The largest absolute Gasteiger partial charge is 0.660 e. The van der Waals surface area contributed by atoms with E-state index in [2.05, 4.69) is 17.1 Å². The number of rotatable bonds is 1. The molecule has 0 unspecified atom stereocenters. The van der Waals surface area contributed by atoms with E-state index in [9.17, 15) is 0 Å². The van der Waals surface area contributed by atoms with Crippen LogP contribution >= 0.6 is 0 Å². The van der Waals surface area contributed by atoms with Gasteiger partial charge >= 0.3 is 0 Å². The predicted molar refractivity (Wildman–Crippen MR) is 41.6 cm³/mol. The third-order valence-electron chi connectivity index (χ3n) is 1.60. The van der Waals surface area contributed by atoms with Crippen LogP contribution in [0.15, 0.2) is 0 Å². The zero-order chi connectivity index (χ0) is 5.82. The first-order chi connectivity index (χ1) is 3.93. The fraction of sp³-hybridized carbons (Fsp3) is 0.857. The zero-order valence-electron chi connectivity index (χ0n) is 7.01. The molecule has 1 fully saturated rings. The molecule has 1 aliphatic rings. The van der Waals surface area contributed by atoms with E-state index in [1.54, 1.807) is 0 Å². The standard InChI is InChI=1S/C6H13N2.CH3.Y/c1-2-8-5-3-7-4-6-8;;/h2-6H2,1H3;1H3;/q2*-1;. The van der Waals surface area contributed by atoms with Gasteiger partial charge in [-0.1, -0.05) is 6.92 Å². The Balaban J connectivity index is 0. The zero-order valence-corrected chi connectivity index (χ0v) is 9.85. The second-order valence-electron chi connectivity index (χ2n) is 2.11. The van der Waals surface area contributed by atoms with Crippen molar-refractivity contribution in [3.05, 3.63) is 12.7 Å². The summed E-state index contributed by atoms with van der Waals surface area (Å²) in [5.41, 5.74) is 0. The van der Waals surface area contributed by atoms with Crippen molar-refractivity contribution in [2.75, 3.05) is 32.7 Å². The SMILES string of the molecule is CCN1CC[N-]CC1.[CH3-].[Y]. The van der Waals surface area contributed by atoms with Crippen LogP contribution in [0.3, 0.4) is 0 Å². The molecule has 1 radical (unpaired) electrons. The van der Waals surface area contributed by atoms with Crippen molar-refractivity contribution < 1.29 is 32.7 Å². The number of hydrogen-bond donors (Lipinski definition) is 0. The van der Waals surface area contributed by atoms with E-state index in [0.29, 0.717) is 0 Å². The summed E-state index contributed by atoms with van der Waals surface area (Å²) in [6.45, 7) is 7.84. The Bertz CT molecular complexity index is 62.6. The third-order valence-corrected chi connectivity index (χ3v) is 1.60. The van der Waals surface area contributed by atoms with Crippen LogP contribution in [-0.4, -0.2) is 37.6 Å². The predicted octanol–water partition coefficient (Wildman–Crippen LogP) is 1.14. The van der Waals surface area contributed by atoms with Crippen molar-refractivity contribution >= 4 is 0 Å². The Morgan fingerprint density at radius 1 is 1.30 bits per heavy atom. The Labute approximate surface area is 89.6 Å². The van der Waals surface area contributed by atoms with Crippen molar-refractivity contribution in [3.8, 4) is 0 Å². The minimum absolute atomic E-state index is 0. The van der Waals surface area contributed by atoms with E-state index in [1.165, 1.54) is 19.6 Å². The van der Waals surface area contributed by atoms with Gasteiger partial charge in [0.2, 0.25) is 0 Å². The number of nitrogens with zero attached hydrogens (tertiary/aromatic N) is 2. The van der Waals surface area contributed by atoms with Gasteiger partial charge in [-0.25, -0.2) is 0 Å². The Kier molecular flexibility index (Phi) is 11.1. The molecule has 1 rings (SSSR count). The average molecular weight is 217 g/mol. The molecule has 59 valence electrons. The molecular formula is C7H16N2Y-2. The molecule has 0 amide bonds. The number of likely N-dealkylation sites (N-methyl/N-ethyl adjacent to an activating group) is 1. The Morgan fingerprint density at radius 2 is 1.80 bits per heavy atom. The van der Waals surface area contributed by atoms with Gasteiger partial charge in [-0.2, -0.15) is 0 Å². The fourth-order valence-electron chi connectivity index (χ4n) is 0.964. The maximum atomic E-state index is 4.23. The molecule has 10 heavy (non-hydrogen) atoms. The molecule has 0 aliphatic carbocycles. The molecule has 3 heteroatoms. The van der Waals surface area contributed by atoms with Gasteiger partial charge in [-0.05, 0) is 19.6 Å². The van der Waals surface area contributed by atoms with Crippen molar-refractivity contribution in [2.24, 2.45) is 0 Å². The number of hydrogen-bond acceptors (Lipinski definition) is 1. The van der Waals surface area contributed by atoms with Gasteiger partial charge in [0.05, 0.1) is 0 Å². The summed E-state index contributed by atoms with van der Waals surface area (Å²) in [7, 11) is 0. The molecule has 0 aromatic rings. The molecule has 0 bridgehead atoms. The Hall–Kier alpha value is 1.02. The second-order valence-corrected chi connectivity index (χ2v) is 2.11. The third kappa shape index (κ3) is 4.78. The first-order valence-corrected chi connectivity index (χ1v) is 3.29. The topological polar surface area (TPSA) is 17.3 Å². The van der Waals surface area contributed by atoms with E-state index in [1.807, 2.05) is 0 Å². The molecule has 0 N–H and O–H groups in total. The molecule has 0 aromatic heterocycles.